The number of hydrogen-bond donors (Lipinski definition) is 2. The molecule has 4 rings (SSSR count). The lowest BCUT2D eigenvalue weighted by Crippen LogP contribution is -2.40. The third-order valence-corrected chi connectivity index (χ3v) is 5.47. The van der Waals surface area contributed by atoms with Crippen molar-refractivity contribution in [3.8, 4) is 0 Å². The molecule has 8 heteroatoms. The van der Waals surface area contributed by atoms with Gasteiger partial charge in [0.15, 0.2) is 5.65 Å². The lowest BCUT2D eigenvalue weighted by Gasteiger charge is -2.11. The zero-order valence-electron chi connectivity index (χ0n) is 18.8. The molecule has 33 heavy (non-hydrogen) atoms. The number of imidazole rings is 1. The molecule has 0 bridgehead atoms. The summed E-state index contributed by atoms with van der Waals surface area (Å²) in [5.74, 6) is 0.480. The van der Waals surface area contributed by atoms with Gasteiger partial charge in [-0.2, -0.15) is 0 Å². The summed E-state index contributed by atoms with van der Waals surface area (Å²) in [6.07, 6.45) is 2.20. The van der Waals surface area contributed by atoms with Gasteiger partial charge in [0.1, 0.15) is 11.3 Å². The van der Waals surface area contributed by atoms with Crippen LogP contribution in [0.5, 0.6) is 0 Å². The molecule has 4 aromatic rings. The van der Waals surface area contributed by atoms with Crippen LogP contribution in [0.3, 0.4) is 0 Å². The van der Waals surface area contributed by atoms with E-state index in [9.17, 15) is 14.4 Å². The van der Waals surface area contributed by atoms with Crippen molar-refractivity contribution in [2.24, 2.45) is 0 Å². The maximum Gasteiger partial charge on any atom is 0.333 e. The van der Waals surface area contributed by atoms with Crippen LogP contribution in [0.2, 0.25) is 0 Å². The molecule has 2 N–H and O–H groups in total. The minimum atomic E-state index is -0.369. The van der Waals surface area contributed by atoms with Gasteiger partial charge in [0.2, 0.25) is 5.91 Å². The molecule has 0 saturated heterocycles. The van der Waals surface area contributed by atoms with Gasteiger partial charge in [0, 0.05) is 25.6 Å². The number of H-pyrrole nitrogens is 1. The van der Waals surface area contributed by atoms with Gasteiger partial charge >= 0.3 is 5.69 Å². The fourth-order valence-corrected chi connectivity index (χ4v) is 3.82. The number of fused-ring (bicyclic) bond motifs is 1. The number of unbranched alkanes of at least 4 members (excludes halogenated alkanes) is 1. The number of hydrogen-bond acceptors (Lipinski definition) is 4. The van der Waals surface area contributed by atoms with Crippen molar-refractivity contribution in [3.63, 3.8) is 0 Å². The summed E-state index contributed by atoms with van der Waals surface area (Å²) in [5.41, 5.74) is 2.59. The predicted octanol–water partition coefficient (Wildman–Crippen LogP) is 3.28. The molecule has 170 valence electrons. The van der Waals surface area contributed by atoms with Crippen molar-refractivity contribution in [2.45, 2.75) is 46.2 Å². The highest BCUT2D eigenvalue weighted by Gasteiger charge is 2.17. The van der Waals surface area contributed by atoms with Crippen molar-refractivity contribution >= 4 is 22.8 Å². The van der Waals surface area contributed by atoms with Crippen LogP contribution in [0, 0.1) is 0 Å². The molecular weight excluding hydrogens is 418 g/mol. The number of nitrogens with one attached hydrogen (secondary N) is 2. The van der Waals surface area contributed by atoms with Gasteiger partial charge < -0.3 is 10.3 Å². The van der Waals surface area contributed by atoms with Gasteiger partial charge in [-0.15, -0.1) is 0 Å². The van der Waals surface area contributed by atoms with Crippen molar-refractivity contribution in [2.75, 3.05) is 5.32 Å². The largest absolute Gasteiger partial charge is 0.336 e. The van der Waals surface area contributed by atoms with Gasteiger partial charge in [0.25, 0.3) is 5.56 Å². The standard InChI is InChI=1S/C25H27N5O3/c1-3-4-14-29-23-22(24(32)30(25(29)33)16-19-8-6-5-7-9-19)27-21(28-23)15-18-10-12-20(13-11-18)26-17(2)31/h5-13H,3-4,14-16H2,1-2H3,(H,26,31)(H,27,28). The number of rotatable bonds is 8. The Kier molecular flexibility index (Phi) is 6.53. The Bertz CT molecular complexity index is 1380. The van der Waals surface area contributed by atoms with Crippen LogP contribution in [-0.4, -0.2) is 25.0 Å². The lowest BCUT2D eigenvalue weighted by atomic mass is 10.1. The van der Waals surface area contributed by atoms with E-state index in [1.54, 1.807) is 4.57 Å². The van der Waals surface area contributed by atoms with E-state index in [4.69, 9.17) is 0 Å². The maximum atomic E-state index is 13.2. The highest BCUT2D eigenvalue weighted by Crippen LogP contribution is 2.15. The summed E-state index contributed by atoms with van der Waals surface area (Å²) in [6, 6.07) is 16.9. The van der Waals surface area contributed by atoms with Crippen LogP contribution in [0.15, 0.2) is 64.2 Å². The third-order valence-electron chi connectivity index (χ3n) is 5.47. The highest BCUT2D eigenvalue weighted by molar-refractivity contribution is 5.88. The summed E-state index contributed by atoms with van der Waals surface area (Å²) in [5, 5.41) is 2.74. The lowest BCUT2D eigenvalue weighted by molar-refractivity contribution is -0.114. The number of aromatic nitrogens is 4. The van der Waals surface area contributed by atoms with E-state index in [-0.39, 0.29) is 23.7 Å². The Balaban J connectivity index is 1.73. The fourth-order valence-electron chi connectivity index (χ4n) is 3.82. The van der Waals surface area contributed by atoms with Crippen LogP contribution >= 0.6 is 0 Å². The minimum Gasteiger partial charge on any atom is -0.336 e. The number of carbonyl (C=O) groups is 1. The Morgan fingerprint density at radius 3 is 2.39 bits per heavy atom. The van der Waals surface area contributed by atoms with E-state index < -0.39 is 0 Å². The summed E-state index contributed by atoms with van der Waals surface area (Å²) in [6.45, 7) is 4.23. The number of aryl methyl sites for hydroxylation is 1. The first-order valence-electron chi connectivity index (χ1n) is 11.1. The van der Waals surface area contributed by atoms with Crippen LogP contribution in [-0.2, 0) is 24.3 Å². The van der Waals surface area contributed by atoms with Crippen molar-refractivity contribution in [1.82, 2.24) is 19.1 Å². The molecule has 0 atom stereocenters. The summed E-state index contributed by atoms with van der Waals surface area (Å²) >= 11 is 0. The first kappa shape index (κ1) is 22.3. The van der Waals surface area contributed by atoms with Gasteiger partial charge in [0.05, 0.1) is 6.54 Å². The molecule has 0 aliphatic heterocycles. The highest BCUT2D eigenvalue weighted by atomic mass is 16.2. The SMILES string of the molecule is CCCCn1c(=O)n(Cc2ccccc2)c(=O)c2[nH]c(Cc3ccc(NC(C)=O)cc3)nc21. The zero-order valence-corrected chi connectivity index (χ0v) is 18.8. The molecule has 0 fully saturated rings. The average molecular weight is 446 g/mol. The van der Waals surface area contributed by atoms with E-state index >= 15 is 0 Å². The third kappa shape index (κ3) is 4.95. The molecule has 8 nitrogen and oxygen atoms in total. The molecule has 2 aromatic heterocycles. The van der Waals surface area contributed by atoms with Crippen LogP contribution in [0.1, 0.15) is 43.6 Å². The van der Waals surface area contributed by atoms with Crippen LogP contribution < -0.4 is 16.6 Å². The second-order valence-corrected chi connectivity index (χ2v) is 8.10. The number of carbonyl (C=O) groups excluding carboxylic acids is 1. The van der Waals surface area contributed by atoms with E-state index in [0.717, 1.165) is 24.0 Å². The van der Waals surface area contributed by atoms with Gasteiger partial charge in [-0.3, -0.25) is 18.7 Å². The van der Waals surface area contributed by atoms with Gasteiger partial charge in [-0.25, -0.2) is 9.78 Å². The molecule has 0 unspecified atom stereocenters. The van der Waals surface area contributed by atoms with E-state index in [1.165, 1.54) is 11.5 Å². The topological polar surface area (TPSA) is 102 Å². The maximum absolute atomic E-state index is 13.2. The molecule has 0 spiro atoms. The molecule has 0 radical (unpaired) electrons. The second kappa shape index (κ2) is 9.68. The van der Waals surface area contributed by atoms with E-state index in [0.29, 0.717) is 35.6 Å². The molecule has 0 aliphatic rings. The number of nitrogens with zero attached hydrogens (tertiary/aromatic N) is 3. The fraction of sp³-hybridized carbons (Fsp3) is 0.280. The van der Waals surface area contributed by atoms with Crippen molar-refractivity contribution in [3.05, 3.63) is 92.4 Å². The average Bonchev–Trinajstić information content (AvgIpc) is 3.22. The second-order valence-electron chi connectivity index (χ2n) is 8.10. The first-order chi connectivity index (χ1) is 16.0. The molecule has 0 saturated carbocycles. The van der Waals surface area contributed by atoms with Crippen molar-refractivity contribution in [1.29, 1.82) is 0 Å². The Hall–Kier alpha value is -3.94. The Labute approximate surface area is 190 Å². The normalized spacial score (nSPS) is 11.1. The van der Waals surface area contributed by atoms with Crippen LogP contribution in [0.25, 0.3) is 11.2 Å². The number of aromatic amines is 1. The molecule has 0 aliphatic carbocycles. The monoisotopic (exact) mass is 445 g/mol. The van der Waals surface area contributed by atoms with Gasteiger partial charge in [-0.1, -0.05) is 55.8 Å². The van der Waals surface area contributed by atoms with Crippen LogP contribution in [0.4, 0.5) is 5.69 Å². The molecule has 2 heterocycles. The predicted molar refractivity (Wildman–Crippen MR) is 129 cm³/mol. The Morgan fingerprint density at radius 1 is 1.00 bits per heavy atom. The smallest absolute Gasteiger partial charge is 0.333 e. The number of benzene rings is 2. The quantitative estimate of drug-likeness (QED) is 0.434. The van der Waals surface area contributed by atoms with E-state index in [2.05, 4.69) is 22.2 Å². The summed E-state index contributed by atoms with van der Waals surface area (Å²) < 4.78 is 2.88. The molecular formula is C25H27N5O3. The van der Waals surface area contributed by atoms with E-state index in [1.807, 2.05) is 54.6 Å². The zero-order chi connectivity index (χ0) is 23.4. The Morgan fingerprint density at radius 2 is 1.73 bits per heavy atom. The first-order valence-corrected chi connectivity index (χ1v) is 11.1. The summed E-state index contributed by atoms with van der Waals surface area (Å²) in [7, 11) is 0. The molecule has 1 amide bonds. The number of amides is 1. The minimum absolute atomic E-state index is 0.128. The summed E-state index contributed by atoms with van der Waals surface area (Å²) in [4.78, 5) is 45.5. The van der Waals surface area contributed by atoms with Gasteiger partial charge in [-0.05, 0) is 29.7 Å². The van der Waals surface area contributed by atoms with Crippen molar-refractivity contribution < 1.29 is 4.79 Å². The molecule has 2 aromatic carbocycles. The number of anilines is 1.